The SMILES string of the molecule is CCCCc1cc(O)c(O)c(F)c1CCCC. The first-order valence-corrected chi connectivity index (χ1v) is 6.33. The molecule has 0 saturated carbocycles. The second-order valence-electron chi connectivity index (χ2n) is 4.40. The van der Waals surface area contributed by atoms with Crippen LogP contribution in [0.15, 0.2) is 6.07 Å². The van der Waals surface area contributed by atoms with Crippen LogP contribution in [0.4, 0.5) is 4.39 Å². The molecule has 2 N–H and O–H groups in total. The zero-order valence-corrected chi connectivity index (χ0v) is 10.6. The number of aryl methyl sites for hydroxylation is 1. The number of rotatable bonds is 6. The maximum absolute atomic E-state index is 13.9. The highest BCUT2D eigenvalue weighted by Gasteiger charge is 2.16. The highest BCUT2D eigenvalue weighted by Crippen LogP contribution is 2.34. The van der Waals surface area contributed by atoms with Gasteiger partial charge in [0, 0.05) is 0 Å². The first-order valence-electron chi connectivity index (χ1n) is 6.33. The van der Waals surface area contributed by atoms with Gasteiger partial charge in [0.25, 0.3) is 0 Å². The first kappa shape index (κ1) is 13.8. The van der Waals surface area contributed by atoms with Crippen LogP contribution in [0.25, 0.3) is 0 Å². The average molecular weight is 240 g/mol. The van der Waals surface area contributed by atoms with Gasteiger partial charge >= 0.3 is 0 Å². The van der Waals surface area contributed by atoms with Crippen LogP contribution in [-0.2, 0) is 12.8 Å². The maximum Gasteiger partial charge on any atom is 0.194 e. The van der Waals surface area contributed by atoms with Crippen LogP contribution in [0.3, 0.4) is 0 Å². The van der Waals surface area contributed by atoms with Crippen molar-refractivity contribution in [2.24, 2.45) is 0 Å². The summed E-state index contributed by atoms with van der Waals surface area (Å²) in [6.45, 7) is 4.12. The molecule has 1 aromatic carbocycles. The predicted molar refractivity (Wildman–Crippen MR) is 67.0 cm³/mol. The molecule has 2 nitrogen and oxygen atoms in total. The van der Waals surface area contributed by atoms with E-state index in [2.05, 4.69) is 6.92 Å². The Morgan fingerprint density at radius 3 is 2.24 bits per heavy atom. The molecular weight excluding hydrogens is 219 g/mol. The van der Waals surface area contributed by atoms with E-state index in [1.54, 1.807) is 0 Å². The summed E-state index contributed by atoms with van der Waals surface area (Å²) in [5, 5.41) is 18.9. The van der Waals surface area contributed by atoms with Gasteiger partial charge in [0.15, 0.2) is 17.3 Å². The van der Waals surface area contributed by atoms with Gasteiger partial charge in [0.2, 0.25) is 0 Å². The number of unbranched alkanes of at least 4 members (excludes halogenated alkanes) is 2. The molecule has 0 aromatic heterocycles. The Morgan fingerprint density at radius 1 is 1.06 bits per heavy atom. The fraction of sp³-hybridized carbons (Fsp3) is 0.571. The summed E-state index contributed by atoms with van der Waals surface area (Å²) in [5.74, 6) is -1.62. The Morgan fingerprint density at radius 2 is 1.65 bits per heavy atom. The molecule has 1 aromatic rings. The van der Waals surface area contributed by atoms with E-state index < -0.39 is 11.6 Å². The molecule has 0 saturated heterocycles. The Labute approximate surface area is 102 Å². The van der Waals surface area contributed by atoms with Gasteiger partial charge in [0.05, 0.1) is 0 Å². The molecule has 0 aliphatic heterocycles. The van der Waals surface area contributed by atoms with Gasteiger partial charge in [-0.3, -0.25) is 0 Å². The van der Waals surface area contributed by atoms with Gasteiger partial charge in [-0.15, -0.1) is 0 Å². The van der Waals surface area contributed by atoms with Crippen LogP contribution >= 0.6 is 0 Å². The molecule has 3 heteroatoms. The van der Waals surface area contributed by atoms with Gasteiger partial charge in [-0.1, -0.05) is 26.7 Å². The van der Waals surface area contributed by atoms with Crippen LogP contribution in [0.5, 0.6) is 11.5 Å². The summed E-state index contributed by atoms with van der Waals surface area (Å²) in [4.78, 5) is 0. The van der Waals surface area contributed by atoms with E-state index in [-0.39, 0.29) is 5.75 Å². The van der Waals surface area contributed by atoms with Gasteiger partial charge in [0.1, 0.15) is 0 Å². The van der Waals surface area contributed by atoms with Crippen LogP contribution in [0, 0.1) is 5.82 Å². The van der Waals surface area contributed by atoms with Crippen LogP contribution in [0.2, 0.25) is 0 Å². The van der Waals surface area contributed by atoms with Crippen molar-refractivity contribution in [2.45, 2.75) is 52.4 Å². The van der Waals surface area contributed by atoms with Crippen molar-refractivity contribution in [1.82, 2.24) is 0 Å². The van der Waals surface area contributed by atoms with Gasteiger partial charge < -0.3 is 10.2 Å². The number of benzene rings is 1. The van der Waals surface area contributed by atoms with E-state index in [4.69, 9.17) is 0 Å². The van der Waals surface area contributed by atoms with E-state index in [0.717, 1.165) is 37.7 Å². The number of phenolic OH excluding ortho intramolecular Hbond substituents is 2. The summed E-state index contributed by atoms with van der Waals surface area (Å²) in [6.07, 6.45) is 5.23. The molecule has 96 valence electrons. The number of aromatic hydroxyl groups is 2. The molecule has 0 fully saturated rings. The second-order valence-corrected chi connectivity index (χ2v) is 4.40. The highest BCUT2D eigenvalue weighted by atomic mass is 19.1. The summed E-state index contributed by atoms with van der Waals surface area (Å²) >= 11 is 0. The van der Waals surface area contributed by atoms with Gasteiger partial charge in [-0.05, 0) is 42.9 Å². The smallest absolute Gasteiger partial charge is 0.194 e. The predicted octanol–water partition coefficient (Wildman–Crippen LogP) is 3.92. The van der Waals surface area contributed by atoms with E-state index >= 15 is 0 Å². The van der Waals surface area contributed by atoms with E-state index in [0.29, 0.717) is 12.0 Å². The molecule has 0 amide bonds. The maximum atomic E-state index is 13.9. The van der Waals surface area contributed by atoms with Crippen LogP contribution < -0.4 is 0 Å². The van der Waals surface area contributed by atoms with E-state index in [9.17, 15) is 14.6 Å². The standard InChI is InChI=1S/C14H21FO2/c1-3-5-7-10-9-12(16)14(17)13(15)11(10)8-6-4-2/h9,16-17H,3-8H2,1-2H3. The first-order chi connectivity index (χ1) is 8.11. The lowest BCUT2D eigenvalue weighted by Gasteiger charge is -2.12. The van der Waals surface area contributed by atoms with Crippen molar-refractivity contribution in [1.29, 1.82) is 0 Å². The minimum atomic E-state index is -0.649. The molecule has 0 heterocycles. The topological polar surface area (TPSA) is 40.5 Å². The van der Waals surface area contributed by atoms with Crippen molar-refractivity contribution in [3.05, 3.63) is 23.0 Å². The van der Waals surface area contributed by atoms with Crippen molar-refractivity contribution in [3.63, 3.8) is 0 Å². The average Bonchev–Trinajstić information content (AvgIpc) is 2.32. The molecule has 0 bridgehead atoms. The monoisotopic (exact) mass is 240 g/mol. The van der Waals surface area contributed by atoms with E-state index in [1.807, 2.05) is 6.92 Å². The quantitative estimate of drug-likeness (QED) is 0.740. The zero-order valence-electron chi connectivity index (χ0n) is 10.6. The Kier molecular flexibility index (Phi) is 5.26. The minimum Gasteiger partial charge on any atom is -0.504 e. The lowest BCUT2D eigenvalue weighted by Crippen LogP contribution is -2.00. The number of halogens is 1. The summed E-state index contributed by atoms with van der Waals surface area (Å²) in [6, 6.07) is 1.50. The van der Waals surface area contributed by atoms with Crippen LogP contribution in [-0.4, -0.2) is 10.2 Å². The van der Waals surface area contributed by atoms with Crippen molar-refractivity contribution >= 4 is 0 Å². The molecule has 0 aliphatic carbocycles. The zero-order chi connectivity index (χ0) is 12.8. The van der Waals surface area contributed by atoms with Gasteiger partial charge in [-0.2, -0.15) is 0 Å². The Bertz CT molecular complexity index is 375. The van der Waals surface area contributed by atoms with Crippen LogP contribution in [0.1, 0.15) is 50.7 Å². The third-order valence-electron chi connectivity index (χ3n) is 2.99. The number of hydrogen-bond donors (Lipinski definition) is 2. The fourth-order valence-electron chi connectivity index (χ4n) is 1.93. The lowest BCUT2D eigenvalue weighted by atomic mass is 9.96. The highest BCUT2D eigenvalue weighted by molar-refractivity contribution is 5.47. The summed E-state index contributed by atoms with van der Waals surface area (Å²) in [5.41, 5.74) is 1.39. The summed E-state index contributed by atoms with van der Waals surface area (Å²) in [7, 11) is 0. The van der Waals surface area contributed by atoms with Crippen molar-refractivity contribution in [3.8, 4) is 11.5 Å². The molecule has 0 atom stereocenters. The van der Waals surface area contributed by atoms with Crippen molar-refractivity contribution < 1.29 is 14.6 Å². The molecule has 17 heavy (non-hydrogen) atoms. The third-order valence-corrected chi connectivity index (χ3v) is 2.99. The molecule has 0 spiro atoms. The Balaban J connectivity index is 3.06. The largest absolute Gasteiger partial charge is 0.504 e. The Hall–Kier alpha value is -1.25. The summed E-state index contributed by atoms with van der Waals surface area (Å²) < 4.78 is 13.9. The normalized spacial score (nSPS) is 10.8. The molecule has 1 rings (SSSR count). The molecule has 0 radical (unpaired) electrons. The second kappa shape index (κ2) is 6.48. The third kappa shape index (κ3) is 3.35. The molecule has 0 aliphatic rings. The fourth-order valence-corrected chi connectivity index (χ4v) is 1.93. The lowest BCUT2D eigenvalue weighted by molar-refractivity contribution is 0.375. The van der Waals surface area contributed by atoms with Crippen molar-refractivity contribution in [2.75, 3.05) is 0 Å². The minimum absolute atomic E-state index is 0.353. The van der Waals surface area contributed by atoms with Gasteiger partial charge in [-0.25, -0.2) is 4.39 Å². The number of hydrogen-bond acceptors (Lipinski definition) is 2. The van der Waals surface area contributed by atoms with E-state index in [1.165, 1.54) is 6.07 Å². The number of phenols is 2. The molecule has 0 unspecified atom stereocenters. The molecular formula is C14H21FO2.